The van der Waals surface area contributed by atoms with Crippen molar-refractivity contribution in [2.75, 3.05) is 4.31 Å². The number of furan rings is 1. The van der Waals surface area contributed by atoms with Crippen LogP contribution in [0, 0.1) is 0 Å². The second-order valence-corrected chi connectivity index (χ2v) is 7.54. The van der Waals surface area contributed by atoms with Gasteiger partial charge in [-0.25, -0.2) is 4.31 Å². The van der Waals surface area contributed by atoms with Gasteiger partial charge in [-0.05, 0) is 30.4 Å². The van der Waals surface area contributed by atoms with Crippen molar-refractivity contribution in [3.63, 3.8) is 0 Å². The van der Waals surface area contributed by atoms with Gasteiger partial charge in [0.25, 0.3) is 0 Å². The van der Waals surface area contributed by atoms with E-state index in [0.717, 1.165) is 18.4 Å². The molecule has 8 heteroatoms. The van der Waals surface area contributed by atoms with E-state index in [2.05, 4.69) is 0 Å². The predicted octanol–water partition coefficient (Wildman–Crippen LogP) is 4.01. The summed E-state index contributed by atoms with van der Waals surface area (Å²) in [5, 5.41) is 0. The lowest BCUT2D eigenvalue weighted by molar-refractivity contribution is -0.0439. The molecule has 1 heterocycles. The highest BCUT2D eigenvalue weighted by Crippen LogP contribution is 2.36. The van der Waals surface area contributed by atoms with Crippen LogP contribution in [-0.4, -0.2) is 13.9 Å². The molecule has 0 bridgehead atoms. The number of hydrogen-bond donors (Lipinski definition) is 0. The van der Waals surface area contributed by atoms with Crippen LogP contribution in [0.3, 0.4) is 0 Å². The standard InChI is InChI=1S/C16H16F3NO3S/c17-16(18,19)24(21,22)20(11-12-6-2-1-3-7-12)15-10-13-8-4-5-9-14(13)23-15/h1-3,6-7,10H,4-5,8-9,11H2. The number of benzene rings is 1. The molecular formula is C16H16F3NO3S. The van der Waals surface area contributed by atoms with Gasteiger partial charge in [-0.15, -0.1) is 0 Å². The highest BCUT2D eigenvalue weighted by atomic mass is 32.2. The topological polar surface area (TPSA) is 50.5 Å². The van der Waals surface area contributed by atoms with Gasteiger partial charge in [0, 0.05) is 12.5 Å². The zero-order valence-electron chi connectivity index (χ0n) is 12.7. The van der Waals surface area contributed by atoms with Gasteiger partial charge in [0.15, 0.2) is 0 Å². The van der Waals surface area contributed by atoms with E-state index in [9.17, 15) is 21.6 Å². The summed E-state index contributed by atoms with van der Waals surface area (Å²) < 4.78 is 69.0. The molecule has 24 heavy (non-hydrogen) atoms. The van der Waals surface area contributed by atoms with Gasteiger partial charge < -0.3 is 4.42 Å². The highest BCUT2D eigenvalue weighted by Gasteiger charge is 2.51. The average molecular weight is 359 g/mol. The van der Waals surface area contributed by atoms with Gasteiger partial charge in [-0.3, -0.25) is 0 Å². The molecule has 0 aliphatic heterocycles. The zero-order valence-corrected chi connectivity index (χ0v) is 13.5. The van der Waals surface area contributed by atoms with Gasteiger partial charge in [0.2, 0.25) is 5.88 Å². The Bertz CT molecular complexity index is 789. The van der Waals surface area contributed by atoms with Gasteiger partial charge in [0.1, 0.15) is 5.76 Å². The Morgan fingerprint density at radius 3 is 2.38 bits per heavy atom. The Labute approximate surface area is 137 Å². The van der Waals surface area contributed by atoms with E-state index in [-0.39, 0.29) is 5.88 Å². The minimum atomic E-state index is -5.55. The summed E-state index contributed by atoms with van der Waals surface area (Å²) in [4.78, 5) is 0. The molecule has 2 aromatic rings. The van der Waals surface area contributed by atoms with Crippen LogP contribution in [-0.2, 0) is 29.4 Å². The first-order chi connectivity index (χ1) is 11.3. The Hall–Kier alpha value is -1.96. The number of aryl methyl sites for hydroxylation is 2. The smallest absolute Gasteiger partial charge is 0.444 e. The third-order valence-electron chi connectivity index (χ3n) is 3.98. The Balaban J connectivity index is 2.03. The fourth-order valence-corrected chi connectivity index (χ4v) is 3.65. The first-order valence-electron chi connectivity index (χ1n) is 7.53. The lowest BCUT2D eigenvalue weighted by Gasteiger charge is -2.23. The first-order valence-corrected chi connectivity index (χ1v) is 8.97. The van der Waals surface area contributed by atoms with Crippen molar-refractivity contribution in [2.45, 2.75) is 37.7 Å². The van der Waals surface area contributed by atoms with Crippen molar-refractivity contribution in [3.8, 4) is 0 Å². The molecule has 0 amide bonds. The molecule has 3 rings (SSSR count). The van der Waals surface area contributed by atoms with Gasteiger partial charge in [-0.2, -0.15) is 21.6 Å². The molecule has 1 aromatic heterocycles. The van der Waals surface area contributed by atoms with Crippen molar-refractivity contribution < 1.29 is 26.0 Å². The second kappa shape index (κ2) is 6.16. The third kappa shape index (κ3) is 3.15. The summed E-state index contributed by atoms with van der Waals surface area (Å²) in [6.07, 6.45) is 3.09. The van der Waals surface area contributed by atoms with Gasteiger partial charge in [-0.1, -0.05) is 30.3 Å². The van der Waals surface area contributed by atoms with E-state index < -0.39 is 22.1 Å². The fraction of sp³-hybridized carbons (Fsp3) is 0.375. The van der Waals surface area contributed by atoms with Crippen LogP contribution in [0.2, 0.25) is 0 Å². The van der Waals surface area contributed by atoms with E-state index in [1.165, 1.54) is 6.07 Å². The molecule has 130 valence electrons. The summed E-state index contributed by atoms with van der Waals surface area (Å²) in [6, 6.07) is 9.55. The quantitative estimate of drug-likeness (QED) is 0.829. The minimum absolute atomic E-state index is 0.275. The van der Waals surface area contributed by atoms with Crippen LogP contribution in [0.25, 0.3) is 0 Å². The van der Waals surface area contributed by atoms with Crippen LogP contribution in [0.15, 0.2) is 40.8 Å². The zero-order chi connectivity index (χ0) is 17.4. The molecule has 4 nitrogen and oxygen atoms in total. The number of fused-ring (bicyclic) bond motifs is 1. The summed E-state index contributed by atoms with van der Waals surface area (Å²) in [5.74, 6) is 0.301. The lowest BCUT2D eigenvalue weighted by atomic mass is 9.99. The third-order valence-corrected chi connectivity index (χ3v) is 5.46. The van der Waals surface area contributed by atoms with Crippen molar-refractivity contribution >= 4 is 15.9 Å². The number of anilines is 1. The normalized spacial score (nSPS) is 15.1. The fourth-order valence-electron chi connectivity index (χ4n) is 2.75. The van der Waals surface area contributed by atoms with E-state index in [1.807, 2.05) is 0 Å². The van der Waals surface area contributed by atoms with E-state index >= 15 is 0 Å². The molecule has 0 radical (unpaired) electrons. The maximum Gasteiger partial charge on any atom is 0.516 e. The van der Waals surface area contributed by atoms with Crippen LogP contribution < -0.4 is 4.31 Å². The maximum atomic E-state index is 13.1. The van der Waals surface area contributed by atoms with Crippen LogP contribution >= 0.6 is 0 Å². The number of rotatable bonds is 4. The summed E-state index contributed by atoms with van der Waals surface area (Å²) >= 11 is 0. The molecule has 0 fully saturated rings. The Morgan fingerprint density at radius 2 is 1.75 bits per heavy atom. The van der Waals surface area contributed by atoms with Crippen molar-refractivity contribution in [2.24, 2.45) is 0 Å². The number of halogens is 3. The lowest BCUT2D eigenvalue weighted by Crippen LogP contribution is -2.40. The molecule has 1 aromatic carbocycles. The molecule has 1 aliphatic carbocycles. The maximum absolute atomic E-state index is 13.1. The molecular weight excluding hydrogens is 343 g/mol. The molecule has 0 N–H and O–H groups in total. The van der Waals surface area contributed by atoms with Crippen LogP contribution in [0.5, 0.6) is 0 Å². The Morgan fingerprint density at radius 1 is 1.08 bits per heavy atom. The highest BCUT2D eigenvalue weighted by molar-refractivity contribution is 7.93. The summed E-state index contributed by atoms with van der Waals surface area (Å²) in [5.41, 5.74) is -4.17. The SMILES string of the molecule is O=S(=O)(N(Cc1ccccc1)c1cc2c(o1)CCCC2)C(F)(F)F. The van der Waals surface area contributed by atoms with Gasteiger partial charge in [0.05, 0.1) is 6.54 Å². The predicted molar refractivity (Wildman–Crippen MR) is 82.9 cm³/mol. The molecule has 0 saturated heterocycles. The van der Waals surface area contributed by atoms with Crippen molar-refractivity contribution in [1.82, 2.24) is 0 Å². The monoisotopic (exact) mass is 359 g/mol. The number of hydrogen-bond acceptors (Lipinski definition) is 3. The Kier molecular flexibility index (Phi) is 4.33. The summed E-state index contributed by atoms with van der Waals surface area (Å²) in [7, 11) is -5.55. The largest absolute Gasteiger partial charge is 0.516 e. The molecule has 0 unspecified atom stereocenters. The molecule has 1 aliphatic rings. The van der Waals surface area contributed by atoms with E-state index in [1.54, 1.807) is 30.3 Å². The average Bonchev–Trinajstić information content (AvgIpc) is 2.96. The molecule has 0 spiro atoms. The number of nitrogens with zero attached hydrogens (tertiary/aromatic N) is 1. The van der Waals surface area contributed by atoms with Crippen molar-refractivity contribution in [1.29, 1.82) is 0 Å². The van der Waals surface area contributed by atoms with Crippen LogP contribution in [0.4, 0.5) is 19.1 Å². The van der Waals surface area contributed by atoms with Gasteiger partial charge >= 0.3 is 15.5 Å². The van der Waals surface area contributed by atoms with E-state index in [4.69, 9.17) is 4.42 Å². The first kappa shape index (κ1) is 16.9. The molecule has 0 atom stereocenters. The van der Waals surface area contributed by atoms with E-state index in [0.29, 0.717) is 28.5 Å². The number of alkyl halides is 3. The summed E-state index contributed by atoms with van der Waals surface area (Å²) in [6.45, 7) is -0.435. The van der Waals surface area contributed by atoms with Crippen LogP contribution in [0.1, 0.15) is 29.7 Å². The van der Waals surface area contributed by atoms with Crippen molar-refractivity contribution in [3.05, 3.63) is 53.3 Å². The minimum Gasteiger partial charge on any atom is -0.444 e. The number of sulfonamides is 1. The molecule has 0 saturated carbocycles. The second-order valence-electron chi connectivity index (χ2n) is 5.68.